The van der Waals surface area contributed by atoms with Crippen LogP contribution in [0, 0.1) is 0 Å². The van der Waals surface area contributed by atoms with E-state index in [0.717, 1.165) is 16.7 Å². The van der Waals surface area contributed by atoms with Crippen molar-refractivity contribution in [3.63, 3.8) is 0 Å². The van der Waals surface area contributed by atoms with Crippen LogP contribution in [0.2, 0.25) is 0 Å². The van der Waals surface area contributed by atoms with Crippen molar-refractivity contribution in [2.75, 3.05) is 0 Å². The summed E-state index contributed by atoms with van der Waals surface area (Å²) in [5.41, 5.74) is 0.868. The predicted molar refractivity (Wildman–Crippen MR) is 75.6 cm³/mol. The third kappa shape index (κ3) is 2.59. The lowest BCUT2D eigenvalue weighted by Crippen LogP contribution is -2.33. The molecule has 0 fully saturated rings. The molecule has 0 spiro atoms. The highest BCUT2D eigenvalue weighted by Crippen LogP contribution is 2.19. The van der Waals surface area contributed by atoms with Crippen LogP contribution >= 0.6 is 0 Å². The molecule has 0 bridgehead atoms. The quantitative estimate of drug-likeness (QED) is 0.789. The summed E-state index contributed by atoms with van der Waals surface area (Å²) in [6.45, 7) is 1.94. The molecule has 2 heterocycles. The highest BCUT2D eigenvalue weighted by atomic mass is 16.3. The van der Waals surface area contributed by atoms with Gasteiger partial charge in [0.15, 0.2) is 5.76 Å². The number of furan rings is 2. The summed E-state index contributed by atoms with van der Waals surface area (Å²) in [5, 5.41) is 3.96. The van der Waals surface area contributed by atoms with E-state index in [-0.39, 0.29) is 11.9 Å². The maximum atomic E-state index is 11.8. The highest BCUT2D eigenvalue weighted by Gasteiger charge is 2.14. The first-order valence-corrected chi connectivity index (χ1v) is 6.54. The topological polar surface area (TPSA) is 55.4 Å². The number of nitrogens with one attached hydrogen (secondary N) is 1. The van der Waals surface area contributed by atoms with E-state index in [1.807, 2.05) is 37.3 Å². The number of carbonyl (C=O) groups is 1. The Bertz CT molecular complexity index is 679. The molecule has 0 aliphatic heterocycles. The largest absolute Gasteiger partial charge is 0.461 e. The second-order valence-electron chi connectivity index (χ2n) is 4.81. The molecule has 1 aromatic carbocycles. The van der Waals surface area contributed by atoms with E-state index in [2.05, 4.69) is 5.32 Å². The highest BCUT2D eigenvalue weighted by molar-refractivity contribution is 5.91. The van der Waals surface area contributed by atoms with E-state index < -0.39 is 0 Å². The molecule has 2 aromatic heterocycles. The van der Waals surface area contributed by atoms with Gasteiger partial charge in [-0.15, -0.1) is 0 Å². The summed E-state index contributed by atoms with van der Waals surface area (Å²) in [4.78, 5) is 11.8. The lowest BCUT2D eigenvalue weighted by Gasteiger charge is -2.10. The summed E-state index contributed by atoms with van der Waals surface area (Å²) in [7, 11) is 0. The number of fused-ring (bicyclic) bond motifs is 1. The lowest BCUT2D eigenvalue weighted by atomic mass is 10.1. The van der Waals surface area contributed by atoms with Crippen LogP contribution < -0.4 is 5.32 Å². The molecular weight excluding hydrogens is 254 g/mol. The van der Waals surface area contributed by atoms with Gasteiger partial charge in [0.05, 0.1) is 6.26 Å². The first-order chi connectivity index (χ1) is 9.72. The van der Waals surface area contributed by atoms with Crippen molar-refractivity contribution in [2.24, 2.45) is 0 Å². The van der Waals surface area contributed by atoms with E-state index in [9.17, 15) is 4.79 Å². The second-order valence-corrected chi connectivity index (χ2v) is 4.81. The Kier molecular flexibility index (Phi) is 3.29. The minimum absolute atomic E-state index is 0.0341. The summed E-state index contributed by atoms with van der Waals surface area (Å²) >= 11 is 0. The molecule has 1 atom stereocenters. The van der Waals surface area contributed by atoms with Crippen molar-refractivity contribution in [2.45, 2.75) is 19.4 Å². The van der Waals surface area contributed by atoms with Crippen molar-refractivity contribution < 1.29 is 13.6 Å². The fraction of sp³-hybridized carbons (Fsp3) is 0.188. The normalized spacial score (nSPS) is 12.4. The molecule has 0 radical (unpaired) electrons. The van der Waals surface area contributed by atoms with Crippen LogP contribution in [0.1, 0.15) is 23.2 Å². The van der Waals surface area contributed by atoms with Gasteiger partial charge < -0.3 is 14.2 Å². The number of rotatable bonds is 4. The third-order valence-corrected chi connectivity index (χ3v) is 3.11. The number of benzene rings is 1. The molecule has 4 nitrogen and oxygen atoms in total. The third-order valence-electron chi connectivity index (χ3n) is 3.11. The van der Waals surface area contributed by atoms with Gasteiger partial charge in [-0.3, -0.25) is 4.79 Å². The molecule has 1 N–H and O–H groups in total. The zero-order chi connectivity index (χ0) is 13.9. The van der Waals surface area contributed by atoms with Crippen LogP contribution in [0.25, 0.3) is 11.0 Å². The van der Waals surface area contributed by atoms with Crippen LogP contribution in [0.4, 0.5) is 0 Å². The summed E-state index contributed by atoms with van der Waals surface area (Å²) in [5.74, 6) is 0.971. The van der Waals surface area contributed by atoms with Gasteiger partial charge >= 0.3 is 0 Å². The second kappa shape index (κ2) is 5.25. The predicted octanol–water partition coefficient (Wildman–Crippen LogP) is 3.39. The zero-order valence-electron chi connectivity index (χ0n) is 11.1. The van der Waals surface area contributed by atoms with Gasteiger partial charge in [0, 0.05) is 17.8 Å². The zero-order valence-corrected chi connectivity index (χ0v) is 11.1. The number of hydrogen-bond acceptors (Lipinski definition) is 3. The molecule has 3 aromatic rings. The molecule has 1 amide bonds. The summed E-state index contributed by atoms with van der Waals surface area (Å²) < 4.78 is 10.8. The van der Waals surface area contributed by atoms with Crippen LogP contribution in [-0.4, -0.2) is 11.9 Å². The van der Waals surface area contributed by atoms with Crippen LogP contribution in [0.15, 0.2) is 57.6 Å². The van der Waals surface area contributed by atoms with Gasteiger partial charge in [0.1, 0.15) is 11.3 Å². The molecule has 102 valence electrons. The van der Waals surface area contributed by atoms with Gasteiger partial charge in [-0.25, -0.2) is 0 Å². The number of para-hydroxylation sites is 1. The fourth-order valence-electron chi connectivity index (χ4n) is 2.19. The van der Waals surface area contributed by atoms with Crippen LogP contribution in [0.5, 0.6) is 0 Å². The smallest absolute Gasteiger partial charge is 0.287 e. The number of hydrogen-bond donors (Lipinski definition) is 1. The summed E-state index contributed by atoms with van der Waals surface area (Å²) in [6.07, 6.45) is 2.12. The van der Waals surface area contributed by atoms with Gasteiger partial charge in [-0.1, -0.05) is 18.2 Å². The lowest BCUT2D eigenvalue weighted by molar-refractivity contribution is 0.0911. The van der Waals surface area contributed by atoms with Crippen molar-refractivity contribution in [1.29, 1.82) is 0 Å². The van der Waals surface area contributed by atoms with E-state index in [0.29, 0.717) is 12.2 Å². The molecule has 0 aliphatic rings. The number of carbonyl (C=O) groups excluding carboxylic acids is 1. The van der Waals surface area contributed by atoms with E-state index in [1.54, 1.807) is 12.1 Å². The standard InChI is InChI=1S/C16H15NO3/c1-11(17-16(18)15-7-4-8-19-15)9-13-10-12-5-2-3-6-14(12)20-13/h2-8,10-11H,9H2,1H3,(H,17,18). The summed E-state index contributed by atoms with van der Waals surface area (Å²) in [6, 6.07) is 13.2. The van der Waals surface area contributed by atoms with Crippen molar-refractivity contribution in [1.82, 2.24) is 5.32 Å². The Morgan fingerprint density at radius 2 is 2.10 bits per heavy atom. The molecule has 0 saturated heterocycles. The Balaban J connectivity index is 1.66. The van der Waals surface area contributed by atoms with Crippen molar-refractivity contribution in [3.8, 4) is 0 Å². The Labute approximate surface area is 116 Å². The van der Waals surface area contributed by atoms with Gasteiger partial charge in [-0.05, 0) is 31.2 Å². The maximum Gasteiger partial charge on any atom is 0.287 e. The minimum Gasteiger partial charge on any atom is -0.461 e. The maximum absolute atomic E-state index is 11.8. The average Bonchev–Trinajstić information content (AvgIpc) is 3.07. The molecule has 0 aliphatic carbocycles. The van der Waals surface area contributed by atoms with Crippen LogP contribution in [-0.2, 0) is 6.42 Å². The Morgan fingerprint density at radius 1 is 1.25 bits per heavy atom. The average molecular weight is 269 g/mol. The van der Waals surface area contributed by atoms with Gasteiger partial charge in [0.25, 0.3) is 5.91 Å². The van der Waals surface area contributed by atoms with E-state index >= 15 is 0 Å². The van der Waals surface area contributed by atoms with Crippen molar-refractivity contribution >= 4 is 16.9 Å². The molecule has 0 saturated carbocycles. The van der Waals surface area contributed by atoms with Crippen LogP contribution in [0.3, 0.4) is 0 Å². The number of amides is 1. The SMILES string of the molecule is CC(Cc1cc2ccccc2o1)NC(=O)c1ccco1. The minimum atomic E-state index is -0.210. The first kappa shape index (κ1) is 12.5. The van der Waals surface area contributed by atoms with E-state index in [1.165, 1.54) is 6.26 Å². The molecule has 3 rings (SSSR count). The first-order valence-electron chi connectivity index (χ1n) is 6.54. The van der Waals surface area contributed by atoms with E-state index in [4.69, 9.17) is 8.83 Å². The van der Waals surface area contributed by atoms with Gasteiger partial charge in [0.2, 0.25) is 0 Å². The van der Waals surface area contributed by atoms with Gasteiger partial charge in [-0.2, -0.15) is 0 Å². The Hall–Kier alpha value is -2.49. The molecule has 20 heavy (non-hydrogen) atoms. The molecule has 4 heteroatoms. The monoisotopic (exact) mass is 269 g/mol. The Morgan fingerprint density at radius 3 is 2.85 bits per heavy atom. The van der Waals surface area contributed by atoms with Crippen molar-refractivity contribution in [3.05, 3.63) is 60.2 Å². The molecular formula is C16H15NO3. The fourth-order valence-corrected chi connectivity index (χ4v) is 2.19. The molecule has 1 unspecified atom stereocenters.